The lowest BCUT2D eigenvalue weighted by molar-refractivity contribution is 0.199. The lowest BCUT2D eigenvalue weighted by Gasteiger charge is -2.19. The number of rotatable bonds is 4. The van der Waals surface area contributed by atoms with Gasteiger partial charge < -0.3 is 10.0 Å². The van der Waals surface area contributed by atoms with Crippen molar-refractivity contribution in [2.24, 2.45) is 0 Å². The summed E-state index contributed by atoms with van der Waals surface area (Å²) in [5, 5.41) is 9.56. The van der Waals surface area contributed by atoms with E-state index in [4.69, 9.17) is 0 Å². The third-order valence-electron chi connectivity index (χ3n) is 2.79. The SMILES string of the molecule is C[C@@H](O)c1ccnc(N(C)Cc2cccnc2)c1. The Labute approximate surface area is 107 Å². The number of aliphatic hydroxyl groups excluding tert-OH is 1. The number of hydrogen-bond donors (Lipinski definition) is 1. The number of anilines is 1. The fourth-order valence-electron chi connectivity index (χ4n) is 1.75. The molecular weight excluding hydrogens is 226 g/mol. The van der Waals surface area contributed by atoms with Crippen molar-refractivity contribution >= 4 is 5.82 Å². The zero-order valence-corrected chi connectivity index (χ0v) is 10.6. The lowest BCUT2D eigenvalue weighted by atomic mass is 10.1. The van der Waals surface area contributed by atoms with Gasteiger partial charge in [0.2, 0.25) is 0 Å². The summed E-state index contributed by atoms with van der Waals surface area (Å²) in [6.45, 7) is 2.49. The van der Waals surface area contributed by atoms with Crippen LogP contribution in [0.5, 0.6) is 0 Å². The molecule has 4 nitrogen and oxygen atoms in total. The first-order valence-electron chi connectivity index (χ1n) is 5.91. The molecule has 0 saturated heterocycles. The summed E-state index contributed by atoms with van der Waals surface area (Å²) >= 11 is 0. The van der Waals surface area contributed by atoms with Gasteiger partial charge in [0.1, 0.15) is 5.82 Å². The molecule has 2 aromatic heterocycles. The van der Waals surface area contributed by atoms with Crippen LogP contribution in [0.3, 0.4) is 0 Å². The van der Waals surface area contributed by atoms with Crippen LogP contribution in [0.4, 0.5) is 5.82 Å². The van der Waals surface area contributed by atoms with E-state index in [2.05, 4.69) is 9.97 Å². The molecule has 94 valence electrons. The van der Waals surface area contributed by atoms with E-state index in [1.54, 1.807) is 19.3 Å². The smallest absolute Gasteiger partial charge is 0.128 e. The van der Waals surface area contributed by atoms with Gasteiger partial charge in [-0.3, -0.25) is 4.98 Å². The molecular formula is C14H17N3O. The molecule has 0 aliphatic rings. The number of aliphatic hydroxyl groups is 1. The van der Waals surface area contributed by atoms with Crippen molar-refractivity contribution in [2.75, 3.05) is 11.9 Å². The summed E-state index contributed by atoms with van der Waals surface area (Å²) < 4.78 is 0. The van der Waals surface area contributed by atoms with Gasteiger partial charge in [0.05, 0.1) is 6.10 Å². The van der Waals surface area contributed by atoms with E-state index in [1.807, 2.05) is 42.4 Å². The van der Waals surface area contributed by atoms with Gasteiger partial charge in [-0.25, -0.2) is 4.98 Å². The first-order valence-corrected chi connectivity index (χ1v) is 5.91. The van der Waals surface area contributed by atoms with Gasteiger partial charge in [-0.1, -0.05) is 6.07 Å². The van der Waals surface area contributed by atoms with Crippen LogP contribution in [0.25, 0.3) is 0 Å². The number of aromatic nitrogens is 2. The number of hydrogen-bond acceptors (Lipinski definition) is 4. The molecule has 0 saturated carbocycles. The minimum absolute atomic E-state index is 0.474. The van der Waals surface area contributed by atoms with Gasteiger partial charge in [-0.05, 0) is 36.2 Å². The molecule has 0 spiro atoms. The summed E-state index contributed by atoms with van der Waals surface area (Å²) in [6, 6.07) is 7.68. The molecule has 2 heterocycles. The van der Waals surface area contributed by atoms with Crippen molar-refractivity contribution in [3.05, 3.63) is 54.0 Å². The molecule has 0 amide bonds. The van der Waals surface area contributed by atoms with Crippen molar-refractivity contribution in [3.63, 3.8) is 0 Å². The monoisotopic (exact) mass is 243 g/mol. The molecule has 0 fully saturated rings. The van der Waals surface area contributed by atoms with Crippen LogP contribution in [-0.2, 0) is 6.54 Å². The van der Waals surface area contributed by atoms with E-state index in [0.717, 1.165) is 23.5 Å². The quantitative estimate of drug-likeness (QED) is 0.894. The minimum Gasteiger partial charge on any atom is -0.389 e. The first kappa shape index (κ1) is 12.5. The standard InChI is InChI=1S/C14H17N3O/c1-11(18)13-5-7-16-14(8-13)17(2)10-12-4-3-6-15-9-12/h3-9,11,18H,10H2,1-2H3/t11-/m1/s1. The van der Waals surface area contributed by atoms with Crippen molar-refractivity contribution in [3.8, 4) is 0 Å². The largest absolute Gasteiger partial charge is 0.389 e. The summed E-state index contributed by atoms with van der Waals surface area (Å²) in [6.07, 6.45) is 4.85. The third-order valence-corrected chi connectivity index (χ3v) is 2.79. The molecule has 2 rings (SSSR count). The molecule has 18 heavy (non-hydrogen) atoms. The number of pyridine rings is 2. The van der Waals surface area contributed by atoms with Crippen molar-refractivity contribution < 1.29 is 5.11 Å². The molecule has 0 bridgehead atoms. The second kappa shape index (κ2) is 5.60. The van der Waals surface area contributed by atoms with Crippen molar-refractivity contribution in [1.29, 1.82) is 0 Å². The molecule has 0 aliphatic heterocycles. The zero-order valence-electron chi connectivity index (χ0n) is 10.6. The maximum Gasteiger partial charge on any atom is 0.128 e. The molecule has 0 unspecified atom stereocenters. The van der Waals surface area contributed by atoms with Crippen LogP contribution in [-0.4, -0.2) is 22.1 Å². The molecule has 0 radical (unpaired) electrons. The Hall–Kier alpha value is -1.94. The Morgan fingerprint density at radius 2 is 2.17 bits per heavy atom. The Morgan fingerprint density at radius 1 is 1.33 bits per heavy atom. The third kappa shape index (κ3) is 3.05. The van der Waals surface area contributed by atoms with Gasteiger partial charge in [-0.15, -0.1) is 0 Å². The topological polar surface area (TPSA) is 49.3 Å². The molecule has 0 aromatic carbocycles. The molecule has 2 aromatic rings. The van der Waals surface area contributed by atoms with Crippen molar-refractivity contribution in [2.45, 2.75) is 19.6 Å². The zero-order chi connectivity index (χ0) is 13.0. The van der Waals surface area contributed by atoms with Gasteiger partial charge in [0.25, 0.3) is 0 Å². The van der Waals surface area contributed by atoms with Gasteiger partial charge in [-0.2, -0.15) is 0 Å². The summed E-state index contributed by atoms with van der Waals surface area (Å²) in [5.41, 5.74) is 2.00. The van der Waals surface area contributed by atoms with E-state index in [9.17, 15) is 5.11 Å². The van der Waals surface area contributed by atoms with Crippen LogP contribution in [0.15, 0.2) is 42.9 Å². The van der Waals surface area contributed by atoms with E-state index < -0.39 is 6.10 Å². The van der Waals surface area contributed by atoms with E-state index >= 15 is 0 Å². The van der Waals surface area contributed by atoms with E-state index in [1.165, 1.54) is 0 Å². The second-order valence-corrected chi connectivity index (χ2v) is 4.34. The van der Waals surface area contributed by atoms with Crippen LogP contribution < -0.4 is 4.90 Å². The maximum absolute atomic E-state index is 9.56. The normalized spacial score (nSPS) is 12.2. The molecule has 4 heteroatoms. The van der Waals surface area contributed by atoms with Crippen LogP contribution in [0.1, 0.15) is 24.2 Å². The van der Waals surface area contributed by atoms with Gasteiger partial charge >= 0.3 is 0 Å². The Kier molecular flexibility index (Phi) is 3.89. The second-order valence-electron chi connectivity index (χ2n) is 4.34. The van der Waals surface area contributed by atoms with Gasteiger partial charge in [0, 0.05) is 32.2 Å². The fraction of sp³-hybridized carbons (Fsp3) is 0.286. The molecule has 0 aliphatic carbocycles. The van der Waals surface area contributed by atoms with Crippen LogP contribution in [0, 0.1) is 0 Å². The summed E-state index contributed by atoms with van der Waals surface area (Å²) in [4.78, 5) is 10.4. The van der Waals surface area contributed by atoms with Crippen LogP contribution >= 0.6 is 0 Å². The van der Waals surface area contributed by atoms with Crippen molar-refractivity contribution in [1.82, 2.24) is 9.97 Å². The van der Waals surface area contributed by atoms with Crippen LogP contribution in [0.2, 0.25) is 0 Å². The lowest BCUT2D eigenvalue weighted by Crippen LogP contribution is -2.18. The Bertz CT molecular complexity index is 499. The maximum atomic E-state index is 9.56. The predicted octanol–water partition coefficient (Wildman–Crippen LogP) is 2.17. The highest BCUT2D eigenvalue weighted by molar-refractivity contribution is 5.41. The average Bonchev–Trinajstić information content (AvgIpc) is 2.40. The highest BCUT2D eigenvalue weighted by Crippen LogP contribution is 2.18. The number of nitrogens with zero attached hydrogens (tertiary/aromatic N) is 3. The molecule has 1 N–H and O–H groups in total. The van der Waals surface area contributed by atoms with E-state index in [-0.39, 0.29) is 0 Å². The fourth-order valence-corrected chi connectivity index (χ4v) is 1.75. The predicted molar refractivity (Wildman–Crippen MR) is 71.2 cm³/mol. The Morgan fingerprint density at radius 3 is 2.83 bits per heavy atom. The van der Waals surface area contributed by atoms with E-state index in [0.29, 0.717) is 0 Å². The first-order chi connectivity index (χ1) is 8.66. The highest BCUT2D eigenvalue weighted by atomic mass is 16.3. The Balaban J connectivity index is 2.14. The molecule has 1 atom stereocenters. The average molecular weight is 243 g/mol. The minimum atomic E-state index is -0.474. The summed E-state index contributed by atoms with van der Waals surface area (Å²) in [7, 11) is 1.97. The summed E-state index contributed by atoms with van der Waals surface area (Å²) in [5.74, 6) is 0.845. The highest BCUT2D eigenvalue weighted by Gasteiger charge is 2.07. The van der Waals surface area contributed by atoms with Gasteiger partial charge in [0.15, 0.2) is 0 Å².